The fourth-order valence-electron chi connectivity index (χ4n) is 2.20. The van der Waals surface area contributed by atoms with Crippen molar-refractivity contribution < 1.29 is 19.4 Å². The summed E-state index contributed by atoms with van der Waals surface area (Å²) < 4.78 is 5.03. The highest BCUT2D eigenvalue weighted by Crippen LogP contribution is 2.21. The highest BCUT2D eigenvalue weighted by atomic mass is 16.5. The highest BCUT2D eigenvalue weighted by Gasteiger charge is 2.35. The van der Waals surface area contributed by atoms with Gasteiger partial charge in [-0.25, -0.2) is 4.79 Å². The van der Waals surface area contributed by atoms with Crippen molar-refractivity contribution >= 4 is 12.0 Å². The molecule has 1 rings (SSSR count). The van der Waals surface area contributed by atoms with Crippen LogP contribution < -0.4 is 0 Å². The average Bonchev–Trinajstić information content (AvgIpc) is 2.32. The van der Waals surface area contributed by atoms with Gasteiger partial charge in [0.1, 0.15) is 0 Å². The molecular formula is C13H24N2O4. The predicted molar refractivity (Wildman–Crippen MR) is 71.0 cm³/mol. The van der Waals surface area contributed by atoms with Gasteiger partial charge < -0.3 is 19.6 Å². The lowest BCUT2D eigenvalue weighted by atomic mass is 9.97. The van der Waals surface area contributed by atoms with Crippen LogP contribution in [0.25, 0.3) is 0 Å². The van der Waals surface area contributed by atoms with E-state index in [0.29, 0.717) is 26.2 Å². The van der Waals surface area contributed by atoms with Crippen molar-refractivity contribution in [3.63, 3.8) is 0 Å². The Morgan fingerprint density at radius 1 is 1.47 bits per heavy atom. The van der Waals surface area contributed by atoms with Gasteiger partial charge in [0.25, 0.3) is 0 Å². The van der Waals surface area contributed by atoms with Crippen molar-refractivity contribution in [2.24, 2.45) is 5.92 Å². The topological polar surface area (TPSA) is 70.1 Å². The number of amides is 2. The number of hydrogen-bond acceptors (Lipinski definition) is 3. The second kappa shape index (κ2) is 7.33. The zero-order chi connectivity index (χ0) is 14.4. The molecule has 0 bridgehead atoms. The van der Waals surface area contributed by atoms with Gasteiger partial charge in [0.15, 0.2) is 0 Å². The third kappa shape index (κ3) is 4.38. The first-order chi connectivity index (χ1) is 8.99. The number of aliphatic carboxylic acids is 1. The van der Waals surface area contributed by atoms with Gasteiger partial charge in [-0.1, -0.05) is 6.92 Å². The van der Waals surface area contributed by atoms with Gasteiger partial charge >= 0.3 is 12.0 Å². The average molecular weight is 272 g/mol. The summed E-state index contributed by atoms with van der Waals surface area (Å²) in [6.07, 6.45) is 1.03. The first-order valence-electron chi connectivity index (χ1n) is 6.75. The lowest BCUT2D eigenvalue weighted by Crippen LogP contribution is -2.57. The molecule has 1 fully saturated rings. The molecule has 1 heterocycles. The summed E-state index contributed by atoms with van der Waals surface area (Å²) in [5.41, 5.74) is 0. The van der Waals surface area contributed by atoms with Crippen LogP contribution in [0.1, 0.15) is 26.7 Å². The van der Waals surface area contributed by atoms with Crippen molar-refractivity contribution in [1.29, 1.82) is 0 Å². The van der Waals surface area contributed by atoms with E-state index in [1.54, 1.807) is 16.9 Å². The number of ether oxygens (including phenoxy) is 1. The number of carboxylic acids is 1. The Balaban J connectivity index is 2.47. The van der Waals surface area contributed by atoms with Crippen molar-refractivity contribution in [1.82, 2.24) is 9.80 Å². The zero-order valence-corrected chi connectivity index (χ0v) is 12.0. The Hall–Kier alpha value is -1.30. The Morgan fingerprint density at radius 2 is 2.11 bits per heavy atom. The maximum Gasteiger partial charge on any atom is 0.320 e. The molecule has 0 saturated carbocycles. The molecule has 1 saturated heterocycles. The van der Waals surface area contributed by atoms with Gasteiger partial charge in [-0.3, -0.25) is 4.79 Å². The summed E-state index contributed by atoms with van der Waals surface area (Å²) in [6.45, 7) is 6.24. The van der Waals surface area contributed by atoms with E-state index in [1.165, 1.54) is 0 Å². The molecule has 0 aromatic rings. The van der Waals surface area contributed by atoms with Crippen LogP contribution in [-0.4, -0.2) is 66.3 Å². The number of carbonyl (C=O) groups excluding carboxylic acids is 1. The van der Waals surface area contributed by atoms with Crippen LogP contribution in [0.2, 0.25) is 0 Å². The molecule has 0 aliphatic carbocycles. The molecule has 0 aromatic heterocycles. The number of carboxylic acid groups (broad SMARTS) is 1. The van der Waals surface area contributed by atoms with E-state index in [4.69, 9.17) is 9.84 Å². The summed E-state index contributed by atoms with van der Waals surface area (Å²) in [5, 5.41) is 8.69. The standard InChI is InChI=1S/C13H24N2O4/c1-4-10(2)15(5-6-19-3)13(18)14-8-11(9-14)7-12(16)17/h10-11H,4-9H2,1-3H3,(H,16,17). The molecular weight excluding hydrogens is 248 g/mol. The van der Waals surface area contributed by atoms with Gasteiger partial charge in [-0.15, -0.1) is 0 Å². The third-order valence-electron chi connectivity index (χ3n) is 3.60. The quantitative estimate of drug-likeness (QED) is 0.757. The molecule has 2 amide bonds. The van der Waals surface area contributed by atoms with E-state index in [-0.39, 0.29) is 24.4 Å². The Kier molecular flexibility index (Phi) is 6.08. The number of carbonyl (C=O) groups is 2. The fourth-order valence-corrected chi connectivity index (χ4v) is 2.20. The van der Waals surface area contributed by atoms with Crippen LogP contribution in [0.3, 0.4) is 0 Å². The molecule has 1 unspecified atom stereocenters. The van der Waals surface area contributed by atoms with E-state index in [9.17, 15) is 9.59 Å². The summed E-state index contributed by atoms with van der Waals surface area (Å²) in [5.74, 6) is -0.696. The van der Waals surface area contributed by atoms with Crippen molar-refractivity contribution in [3.05, 3.63) is 0 Å². The second-order valence-corrected chi connectivity index (χ2v) is 5.09. The van der Waals surface area contributed by atoms with Crippen molar-refractivity contribution in [2.75, 3.05) is 33.4 Å². The molecule has 1 aliphatic heterocycles. The molecule has 6 heteroatoms. The highest BCUT2D eigenvalue weighted by molar-refractivity contribution is 5.76. The first kappa shape index (κ1) is 15.8. The molecule has 0 radical (unpaired) electrons. The van der Waals surface area contributed by atoms with Gasteiger partial charge in [-0.05, 0) is 13.3 Å². The summed E-state index contributed by atoms with van der Waals surface area (Å²) in [4.78, 5) is 26.4. The lowest BCUT2D eigenvalue weighted by Gasteiger charge is -2.43. The largest absolute Gasteiger partial charge is 0.481 e. The fraction of sp³-hybridized carbons (Fsp3) is 0.846. The molecule has 1 N–H and O–H groups in total. The molecule has 6 nitrogen and oxygen atoms in total. The summed E-state index contributed by atoms with van der Waals surface area (Å²) in [6, 6.07) is 0.161. The molecule has 110 valence electrons. The minimum Gasteiger partial charge on any atom is -0.481 e. The second-order valence-electron chi connectivity index (χ2n) is 5.09. The molecule has 0 aromatic carbocycles. The van der Waals surface area contributed by atoms with Crippen LogP contribution in [0.4, 0.5) is 4.79 Å². The normalized spacial score (nSPS) is 16.9. The van der Waals surface area contributed by atoms with E-state index < -0.39 is 5.97 Å². The summed E-state index contributed by atoms with van der Waals surface area (Å²) >= 11 is 0. The minimum atomic E-state index is -0.796. The number of urea groups is 1. The number of methoxy groups -OCH3 is 1. The number of likely N-dealkylation sites (tertiary alicyclic amines) is 1. The maximum absolute atomic E-state index is 12.3. The first-order valence-corrected chi connectivity index (χ1v) is 6.75. The molecule has 1 atom stereocenters. The SMILES string of the molecule is CCC(C)N(CCOC)C(=O)N1CC(CC(=O)O)C1. The Labute approximate surface area is 114 Å². The zero-order valence-electron chi connectivity index (χ0n) is 12.0. The third-order valence-corrected chi connectivity index (χ3v) is 3.60. The van der Waals surface area contributed by atoms with E-state index in [1.807, 2.05) is 13.8 Å². The van der Waals surface area contributed by atoms with Crippen molar-refractivity contribution in [3.8, 4) is 0 Å². The van der Waals surface area contributed by atoms with Gasteiger partial charge in [-0.2, -0.15) is 0 Å². The minimum absolute atomic E-state index is 0.00645. The van der Waals surface area contributed by atoms with Gasteiger partial charge in [0, 0.05) is 38.7 Å². The van der Waals surface area contributed by atoms with Gasteiger partial charge in [0.2, 0.25) is 0 Å². The maximum atomic E-state index is 12.3. The molecule has 1 aliphatic rings. The van der Waals surface area contributed by atoms with Crippen LogP contribution in [0.15, 0.2) is 0 Å². The van der Waals surface area contributed by atoms with Crippen LogP contribution in [-0.2, 0) is 9.53 Å². The van der Waals surface area contributed by atoms with Crippen LogP contribution in [0, 0.1) is 5.92 Å². The van der Waals surface area contributed by atoms with Crippen LogP contribution >= 0.6 is 0 Å². The van der Waals surface area contributed by atoms with E-state index >= 15 is 0 Å². The summed E-state index contributed by atoms with van der Waals surface area (Å²) in [7, 11) is 1.62. The molecule has 0 spiro atoms. The van der Waals surface area contributed by atoms with Crippen molar-refractivity contribution in [2.45, 2.75) is 32.7 Å². The Bertz CT molecular complexity index is 316. The Morgan fingerprint density at radius 3 is 2.58 bits per heavy atom. The van der Waals surface area contributed by atoms with Gasteiger partial charge in [0.05, 0.1) is 13.0 Å². The van der Waals surface area contributed by atoms with E-state index in [2.05, 4.69) is 0 Å². The van der Waals surface area contributed by atoms with E-state index in [0.717, 1.165) is 6.42 Å². The lowest BCUT2D eigenvalue weighted by molar-refractivity contribution is -0.139. The number of rotatable bonds is 7. The molecule has 19 heavy (non-hydrogen) atoms. The monoisotopic (exact) mass is 272 g/mol. The smallest absolute Gasteiger partial charge is 0.320 e. The van der Waals surface area contributed by atoms with Crippen LogP contribution in [0.5, 0.6) is 0 Å². The number of hydrogen-bond donors (Lipinski definition) is 1. The number of nitrogens with zero attached hydrogens (tertiary/aromatic N) is 2. The predicted octanol–water partition coefficient (Wildman–Crippen LogP) is 1.26.